The Kier molecular flexibility index (Phi) is 4.42. The van der Waals surface area contributed by atoms with E-state index in [0.29, 0.717) is 11.5 Å². The minimum Gasteiger partial charge on any atom is -0.497 e. The van der Waals surface area contributed by atoms with Crippen molar-refractivity contribution in [1.82, 2.24) is 4.90 Å². The molecule has 1 amide bonds. The first kappa shape index (κ1) is 14.6. The fourth-order valence-electron chi connectivity index (χ4n) is 3.10. The van der Waals surface area contributed by atoms with E-state index in [1.54, 1.807) is 7.11 Å². The maximum absolute atomic E-state index is 12.7. The number of hydrogen-bond donors (Lipinski definition) is 0. The van der Waals surface area contributed by atoms with Crippen molar-refractivity contribution in [3.8, 4) is 5.75 Å². The predicted molar refractivity (Wildman–Crippen MR) is 87.3 cm³/mol. The van der Waals surface area contributed by atoms with Crippen LogP contribution in [0, 0.1) is 0 Å². The van der Waals surface area contributed by atoms with E-state index in [0.717, 1.165) is 31.7 Å². The maximum atomic E-state index is 12.7. The van der Waals surface area contributed by atoms with Gasteiger partial charge in [0.15, 0.2) is 0 Å². The zero-order valence-electron chi connectivity index (χ0n) is 12.9. The van der Waals surface area contributed by atoms with E-state index in [-0.39, 0.29) is 5.91 Å². The number of carbonyl (C=O) groups excluding carboxylic acids is 1. The van der Waals surface area contributed by atoms with Crippen molar-refractivity contribution in [1.29, 1.82) is 0 Å². The van der Waals surface area contributed by atoms with Crippen molar-refractivity contribution in [2.75, 3.05) is 20.2 Å². The molecule has 0 spiro atoms. The molecule has 3 nitrogen and oxygen atoms in total. The van der Waals surface area contributed by atoms with Gasteiger partial charge in [0.25, 0.3) is 5.91 Å². The number of carbonyl (C=O) groups is 1. The Morgan fingerprint density at radius 3 is 2.73 bits per heavy atom. The average Bonchev–Trinajstić information content (AvgIpc) is 2.62. The normalized spacial score (nSPS) is 18.0. The molecule has 114 valence electrons. The molecule has 1 unspecified atom stereocenters. The van der Waals surface area contributed by atoms with Gasteiger partial charge in [0, 0.05) is 24.6 Å². The van der Waals surface area contributed by atoms with Crippen molar-refractivity contribution >= 4 is 5.91 Å². The summed E-state index contributed by atoms with van der Waals surface area (Å²) in [6, 6.07) is 17.9. The highest BCUT2D eigenvalue weighted by Gasteiger charge is 2.25. The van der Waals surface area contributed by atoms with Crippen molar-refractivity contribution in [2.45, 2.75) is 18.8 Å². The third kappa shape index (κ3) is 3.14. The number of nitrogens with zero attached hydrogens (tertiary/aromatic N) is 1. The lowest BCUT2D eigenvalue weighted by atomic mass is 9.90. The van der Waals surface area contributed by atoms with E-state index in [2.05, 4.69) is 24.3 Å². The molecule has 1 aliphatic heterocycles. The topological polar surface area (TPSA) is 29.5 Å². The summed E-state index contributed by atoms with van der Waals surface area (Å²) in [5.41, 5.74) is 2.03. The van der Waals surface area contributed by atoms with Gasteiger partial charge in [-0.15, -0.1) is 0 Å². The second-order valence-corrected chi connectivity index (χ2v) is 5.73. The number of likely N-dealkylation sites (tertiary alicyclic amines) is 1. The number of hydrogen-bond acceptors (Lipinski definition) is 2. The lowest BCUT2D eigenvalue weighted by Crippen LogP contribution is -2.39. The molecule has 1 saturated heterocycles. The summed E-state index contributed by atoms with van der Waals surface area (Å²) in [6.45, 7) is 1.62. The largest absolute Gasteiger partial charge is 0.497 e. The van der Waals surface area contributed by atoms with Crippen LogP contribution in [0.3, 0.4) is 0 Å². The summed E-state index contributed by atoms with van der Waals surface area (Å²) in [4.78, 5) is 14.7. The molecule has 3 rings (SSSR count). The third-order valence-electron chi connectivity index (χ3n) is 4.30. The maximum Gasteiger partial charge on any atom is 0.254 e. The van der Waals surface area contributed by atoms with Crippen LogP contribution in [0.5, 0.6) is 5.75 Å². The Bertz CT molecular complexity index is 639. The van der Waals surface area contributed by atoms with Crippen molar-refractivity contribution in [3.05, 3.63) is 65.7 Å². The van der Waals surface area contributed by atoms with Gasteiger partial charge in [0.2, 0.25) is 0 Å². The minimum absolute atomic E-state index is 0.0968. The van der Waals surface area contributed by atoms with Crippen molar-refractivity contribution in [3.63, 3.8) is 0 Å². The van der Waals surface area contributed by atoms with Gasteiger partial charge in [0.1, 0.15) is 5.75 Å². The summed E-state index contributed by atoms with van der Waals surface area (Å²) < 4.78 is 5.21. The Morgan fingerprint density at radius 1 is 1.14 bits per heavy atom. The molecule has 1 atom stereocenters. The summed E-state index contributed by atoms with van der Waals surface area (Å²) >= 11 is 0. The second-order valence-electron chi connectivity index (χ2n) is 5.73. The monoisotopic (exact) mass is 295 g/mol. The Morgan fingerprint density at radius 2 is 1.95 bits per heavy atom. The molecular formula is C19H21NO2. The molecule has 1 heterocycles. The molecule has 3 heteroatoms. The number of amides is 1. The standard InChI is InChI=1S/C19H21NO2/c1-22-18-11-5-9-16(13-18)19(21)20-12-6-10-17(14-20)15-7-3-2-4-8-15/h2-5,7-9,11,13,17H,6,10,12,14H2,1H3. The first-order chi connectivity index (χ1) is 10.8. The van der Waals surface area contributed by atoms with E-state index in [1.807, 2.05) is 35.2 Å². The van der Waals surface area contributed by atoms with Crippen LogP contribution >= 0.6 is 0 Å². The first-order valence-corrected chi connectivity index (χ1v) is 7.76. The van der Waals surface area contributed by atoms with Crippen LogP contribution in [0.2, 0.25) is 0 Å². The van der Waals surface area contributed by atoms with E-state index in [1.165, 1.54) is 5.56 Å². The van der Waals surface area contributed by atoms with E-state index >= 15 is 0 Å². The first-order valence-electron chi connectivity index (χ1n) is 7.76. The van der Waals surface area contributed by atoms with Crippen LogP contribution < -0.4 is 4.74 Å². The molecule has 0 aliphatic carbocycles. The smallest absolute Gasteiger partial charge is 0.254 e. The summed E-state index contributed by atoms with van der Waals surface area (Å²) in [5, 5.41) is 0. The van der Waals surface area contributed by atoms with Crippen LogP contribution in [0.25, 0.3) is 0 Å². The predicted octanol–water partition coefficient (Wildman–Crippen LogP) is 3.72. The Balaban J connectivity index is 1.75. The molecular weight excluding hydrogens is 274 g/mol. The van der Waals surface area contributed by atoms with Gasteiger partial charge in [-0.25, -0.2) is 0 Å². The fourth-order valence-corrected chi connectivity index (χ4v) is 3.10. The molecule has 0 bridgehead atoms. The van der Waals surface area contributed by atoms with Crippen LogP contribution in [-0.4, -0.2) is 31.0 Å². The van der Waals surface area contributed by atoms with Gasteiger partial charge in [-0.3, -0.25) is 4.79 Å². The van der Waals surface area contributed by atoms with Gasteiger partial charge in [-0.2, -0.15) is 0 Å². The number of piperidine rings is 1. The molecule has 1 fully saturated rings. The zero-order valence-corrected chi connectivity index (χ0v) is 12.9. The summed E-state index contributed by atoms with van der Waals surface area (Å²) in [6.07, 6.45) is 2.20. The molecule has 22 heavy (non-hydrogen) atoms. The van der Waals surface area contributed by atoms with E-state index < -0.39 is 0 Å². The quantitative estimate of drug-likeness (QED) is 0.864. The average molecular weight is 295 g/mol. The number of benzene rings is 2. The highest BCUT2D eigenvalue weighted by atomic mass is 16.5. The second kappa shape index (κ2) is 6.65. The van der Waals surface area contributed by atoms with E-state index in [9.17, 15) is 4.79 Å². The van der Waals surface area contributed by atoms with Crippen molar-refractivity contribution in [2.24, 2.45) is 0 Å². The lowest BCUT2D eigenvalue weighted by molar-refractivity contribution is 0.0707. The molecule has 2 aromatic carbocycles. The molecule has 0 saturated carbocycles. The molecule has 2 aromatic rings. The molecule has 0 N–H and O–H groups in total. The van der Waals surface area contributed by atoms with Gasteiger partial charge in [-0.1, -0.05) is 36.4 Å². The summed E-state index contributed by atoms with van der Waals surface area (Å²) in [5.74, 6) is 1.26. The Hall–Kier alpha value is -2.29. The summed E-state index contributed by atoms with van der Waals surface area (Å²) in [7, 11) is 1.62. The SMILES string of the molecule is COc1cccc(C(=O)N2CCCC(c3ccccc3)C2)c1. The highest BCUT2D eigenvalue weighted by molar-refractivity contribution is 5.94. The van der Waals surface area contributed by atoms with Gasteiger partial charge in [0.05, 0.1) is 7.11 Å². The van der Waals surface area contributed by atoms with Crippen LogP contribution in [0.4, 0.5) is 0 Å². The molecule has 1 aliphatic rings. The zero-order chi connectivity index (χ0) is 15.4. The molecule has 0 aromatic heterocycles. The fraction of sp³-hybridized carbons (Fsp3) is 0.316. The van der Waals surface area contributed by atoms with Crippen LogP contribution in [0.15, 0.2) is 54.6 Å². The minimum atomic E-state index is 0.0968. The van der Waals surface area contributed by atoms with E-state index in [4.69, 9.17) is 4.74 Å². The van der Waals surface area contributed by atoms with Gasteiger partial charge in [-0.05, 0) is 36.6 Å². The lowest BCUT2D eigenvalue weighted by Gasteiger charge is -2.33. The Labute approximate surface area is 131 Å². The number of rotatable bonds is 3. The third-order valence-corrected chi connectivity index (χ3v) is 4.30. The van der Waals surface area contributed by atoms with Gasteiger partial charge < -0.3 is 9.64 Å². The molecule has 0 radical (unpaired) electrons. The van der Waals surface area contributed by atoms with Gasteiger partial charge >= 0.3 is 0 Å². The van der Waals surface area contributed by atoms with Crippen LogP contribution in [-0.2, 0) is 0 Å². The number of ether oxygens (including phenoxy) is 1. The highest BCUT2D eigenvalue weighted by Crippen LogP contribution is 2.27. The number of methoxy groups -OCH3 is 1. The van der Waals surface area contributed by atoms with Crippen molar-refractivity contribution < 1.29 is 9.53 Å². The van der Waals surface area contributed by atoms with Crippen LogP contribution in [0.1, 0.15) is 34.7 Å².